The van der Waals surface area contributed by atoms with Gasteiger partial charge < -0.3 is 5.11 Å². The van der Waals surface area contributed by atoms with Crippen LogP contribution in [0.15, 0.2) is 66.9 Å². The SMILES string of the molecule is Cc1cc(C(F)(F)F)ccc1-c1ccc2c(cnn2C(CC(C)C)c2ccc(CCCCC(=O)O)cc2)c1. The van der Waals surface area contributed by atoms with E-state index in [1.165, 1.54) is 17.7 Å². The van der Waals surface area contributed by atoms with E-state index in [2.05, 4.69) is 38.1 Å². The number of carboxylic acid groups (broad SMARTS) is 1. The highest BCUT2D eigenvalue weighted by Gasteiger charge is 2.30. The zero-order chi connectivity index (χ0) is 27.4. The molecule has 1 atom stereocenters. The number of carbonyl (C=O) groups is 1. The van der Waals surface area contributed by atoms with Crippen LogP contribution in [-0.2, 0) is 17.4 Å². The molecular formula is C31H33F3N2O2. The number of aromatic nitrogens is 2. The summed E-state index contributed by atoms with van der Waals surface area (Å²) in [6.45, 7) is 6.06. The van der Waals surface area contributed by atoms with E-state index >= 15 is 0 Å². The molecular weight excluding hydrogens is 489 g/mol. The molecule has 3 aromatic carbocycles. The molecule has 0 aliphatic heterocycles. The molecule has 38 heavy (non-hydrogen) atoms. The zero-order valence-electron chi connectivity index (χ0n) is 21.9. The number of benzene rings is 3. The first-order chi connectivity index (χ1) is 18.0. The summed E-state index contributed by atoms with van der Waals surface area (Å²) in [7, 11) is 0. The second kappa shape index (κ2) is 11.4. The van der Waals surface area contributed by atoms with Crippen LogP contribution in [0.3, 0.4) is 0 Å². The predicted molar refractivity (Wildman–Crippen MR) is 144 cm³/mol. The Bertz CT molecular complexity index is 1410. The number of carboxylic acids is 1. The summed E-state index contributed by atoms with van der Waals surface area (Å²) >= 11 is 0. The lowest BCUT2D eigenvalue weighted by molar-refractivity contribution is -0.138. The van der Waals surface area contributed by atoms with Crippen LogP contribution in [0.1, 0.15) is 67.8 Å². The van der Waals surface area contributed by atoms with Gasteiger partial charge in [-0.3, -0.25) is 9.48 Å². The largest absolute Gasteiger partial charge is 0.481 e. The van der Waals surface area contributed by atoms with E-state index < -0.39 is 17.7 Å². The van der Waals surface area contributed by atoms with Crippen LogP contribution in [-0.4, -0.2) is 20.9 Å². The number of hydrogen-bond acceptors (Lipinski definition) is 2. The molecule has 4 rings (SSSR count). The maximum absolute atomic E-state index is 13.1. The van der Waals surface area contributed by atoms with Crippen molar-refractivity contribution in [3.63, 3.8) is 0 Å². The van der Waals surface area contributed by atoms with Gasteiger partial charge in [0.15, 0.2) is 0 Å². The van der Waals surface area contributed by atoms with Crippen molar-refractivity contribution in [2.24, 2.45) is 5.92 Å². The summed E-state index contributed by atoms with van der Waals surface area (Å²) in [4.78, 5) is 10.7. The second-order valence-electron chi connectivity index (χ2n) is 10.4. The summed E-state index contributed by atoms with van der Waals surface area (Å²) in [5, 5.41) is 14.5. The maximum atomic E-state index is 13.1. The summed E-state index contributed by atoms with van der Waals surface area (Å²) in [5.74, 6) is -0.325. The van der Waals surface area contributed by atoms with Crippen molar-refractivity contribution in [1.82, 2.24) is 9.78 Å². The van der Waals surface area contributed by atoms with Crippen LogP contribution in [0.4, 0.5) is 13.2 Å². The summed E-state index contributed by atoms with van der Waals surface area (Å²) < 4.78 is 41.4. The molecule has 0 saturated carbocycles. The van der Waals surface area contributed by atoms with E-state index in [0.717, 1.165) is 52.9 Å². The predicted octanol–water partition coefficient (Wildman–Crippen LogP) is 8.46. The van der Waals surface area contributed by atoms with Crippen molar-refractivity contribution in [3.05, 3.63) is 89.1 Å². The van der Waals surface area contributed by atoms with Crippen molar-refractivity contribution >= 4 is 16.9 Å². The molecule has 0 aliphatic rings. The van der Waals surface area contributed by atoms with Gasteiger partial charge in [0.25, 0.3) is 0 Å². The minimum absolute atomic E-state index is 0.0345. The Balaban J connectivity index is 1.60. The molecule has 0 saturated heterocycles. The minimum atomic E-state index is -4.36. The third-order valence-corrected chi connectivity index (χ3v) is 6.92. The lowest BCUT2D eigenvalue weighted by atomic mass is 9.95. The van der Waals surface area contributed by atoms with Gasteiger partial charge in [-0.2, -0.15) is 18.3 Å². The molecule has 0 amide bonds. The van der Waals surface area contributed by atoms with E-state index in [-0.39, 0.29) is 12.5 Å². The van der Waals surface area contributed by atoms with Gasteiger partial charge in [0.1, 0.15) is 0 Å². The third-order valence-electron chi connectivity index (χ3n) is 6.92. The number of nitrogens with zero attached hydrogens (tertiary/aromatic N) is 2. The van der Waals surface area contributed by atoms with E-state index in [9.17, 15) is 18.0 Å². The van der Waals surface area contributed by atoms with E-state index in [0.29, 0.717) is 17.9 Å². The molecule has 0 spiro atoms. The Morgan fingerprint density at radius 1 is 1.00 bits per heavy atom. The molecule has 4 nitrogen and oxygen atoms in total. The first-order valence-electron chi connectivity index (χ1n) is 13.0. The quantitative estimate of drug-likeness (QED) is 0.213. The van der Waals surface area contributed by atoms with Crippen LogP contribution in [0.5, 0.6) is 0 Å². The fraction of sp³-hybridized carbons (Fsp3) is 0.355. The standard InChI is InChI=1S/C31H33F3N2O2/c1-20(2)16-29(23-10-8-22(9-11-23)6-4-5-7-30(37)38)36-28-15-12-24(18-25(28)19-35-36)27-14-13-26(17-21(27)3)31(32,33)34/h8-15,17-20,29H,4-7,16H2,1-3H3,(H,37,38). The van der Waals surface area contributed by atoms with Crippen molar-refractivity contribution in [2.75, 3.05) is 0 Å². The normalized spacial score (nSPS) is 12.8. The van der Waals surface area contributed by atoms with Gasteiger partial charge in [-0.1, -0.05) is 50.2 Å². The number of hydrogen-bond donors (Lipinski definition) is 1. The third kappa shape index (κ3) is 6.44. The van der Waals surface area contributed by atoms with E-state index in [4.69, 9.17) is 10.2 Å². The van der Waals surface area contributed by atoms with E-state index in [1.807, 2.05) is 29.1 Å². The Kier molecular flexibility index (Phi) is 8.24. The fourth-order valence-corrected chi connectivity index (χ4v) is 4.97. The van der Waals surface area contributed by atoms with Crippen LogP contribution in [0.25, 0.3) is 22.0 Å². The van der Waals surface area contributed by atoms with Gasteiger partial charge in [-0.05, 0) is 90.6 Å². The van der Waals surface area contributed by atoms with Crippen LogP contribution >= 0.6 is 0 Å². The number of fused-ring (bicyclic) bond motifs is 1. The lowest BCUT2D eigenvalue weighted by Gasteiger charge is -2.22. The van der Waals surface area contributed by atoms with Gasteiger partial charge in [0, 0.05) is 11.8 Å². The highest BCUT2D eigenvalue weighted by Crippen LogP contribution is 2.35. The number of rotatable bonds is 10. The maximum Gasteiger partial charge on any atom is 0.416 e. The summed E-state index contributed by atoms with van der Waals surface area (Å²) in [6.07, 6.45) is 0.904. The Morgan fingerprint density at radius 2 is 1.74 bits per heavy atom. The molecule has 1 heterocycles. The molecule has 200 valence electrons. The molecule has 0 bridgehead atoms. The average Bonchev–Trinajstić information content (AvgIpc) is 3.28. The number of aryl methyl sites for hydroxylation is 2. The minimum Gasteiger partial charge on any atom is -0.481 e. The van der Waals surface area contributed by atoms with Gasteiger partial charge in [0.05, 0.1) is 23.3 Å². The Labute approximate surface area is 221 Å². The Morgan fingerprint density at radius 3 is 2.37 bits per heavy atom. The van der Waals surface area contributed by atoms with Crippen molar-refractivity contribution in [1.29, 1.82) is 0 Å². The molecule has 1 N–H and O–H groups in total. The molecule has 0 fully saturated rings. The topological polar surface area (TPSA) is 55.1 Å². The lowest BCUT2D eigenvalue weighted by Crippen LogP contribution is -2.14. The first-order valence-corrected chi connectivity index (χ1v) is 13.0. The first kappa shape index (κ1) is 27.4. The van der Waals surface area contributed by atoms with Crippen LogP contribution in [0.2, 0.25) is 0 Å². The highest BCUT2D eigenvalue weighted by atomic mass is 19.4. The van der Waals surface area contributed by atoms with Gasteiger partial charge in [-0.25, -0.2) is 0 Å². The van der Waals surface area contributed by atoms with Crippen LogP contribution in [0, 0.1) is 12.8 Å². The second-order valence-corrected chi connectivity index (χ2v) is 10.4. The summed E-state index contributed by atoms with van der Waals surface area (Å²) in [6, 6.07) is 18.3. The number of halogens is 3. The van der Waals surface area contributed by atoms with Gasteiger partial charge in [-0.15, -0.1) is 0 Å². The number of alkyl halides is 3. The fourth-order valence-electron chi connectivity index (χ4n) is 4.97. The molecule has 4 aromatic rings. The zero-order valence-corrected chi connectivity index (χ0v) is 21.9. The number of aliphatic carboxylic acids is 1. The highest BCUT2D eigenvalue weighted by molar-refractivity contribution is 5.85. The Hall–Kier alpha value is -3.61. The molecule has 0 radical (unpaired) electrons. The summed E-state index contributed by atoms with van der Waals surface area (Å²) in [5.41, 5.74) is 4.87. The molecule has 0 aliphatic carbocycles. The van der Waals surface area contributed by atoms with Crippen LogP contribution < -0.4 is 0 Å². The smallest absolute Gasteiger partial charge is 0.416 e. The average molecular weight is 523 g/mol. The van der Waals surface area contributed by atoms with E-state index in [1.54, 1.807) is 6.92 Å². The monoisotopic (exact) mass is 522 g/mol. The van der Waals surface area contributed by atoms with Crippen molar-refractivity contribution in [2.45, 2.75) is 65.1 Å². The molecule has 1 aromatic heterocycles. The van der Waals surface area contributed by atoms with Gasteiger partial charge in [0.2, 0.25) is 0 Å². The van der Waals surface area contributed by atoms with Crippen molar-refractivity contribution in [3.8, 4) is 11.1 Å². The number of unbranched alkanes of at least 4 members (excludes halogenated alkanes) is 1. The molecule has 7 heteroatoms. The van der Waals surface area contributed by atoms with Gasteiger partial charge >= 0.3 is 12.1 Å². The van der Waals surface area contributed by atoms with Crippen molar-refractivity contribution < 1.29 is 23.1 Å². The molecule has 1 unspecified atom stereocenters.